The van der Waals surface area contributed by atoms with E-state index in [0.29, 0.717) is 10.8 Å². The Morgan fingerprint density at radius 2 is 1.59 bits per heavy atom. The molecule has 1 aromatic heterocycles. The molecule has 4 aromatic rings. The second-order valence-corrected chi connectivity index (χ2v) is 8.79. The van der Waals surface area contributed by atoms with Crippen LogP contribution in [0.3, 0.4) is 0 Å². The van der Waals surface area contributed by atoms with Gasteiger partial charge in [-0.2, -0.15) is 0 Å². The molecule has 0 saturated carbocycles. The van der Waals surface area contributed by atoms with Gasteiger partial charge in [0.25, 0.3) is 5.91 Å². The van der Waals surface area contributed by atoms with E-state index in [4.69, 9.17) is 21.1 Å². The number of carboxylic acid groups (broad SMARTS) is 1. The summed E-state index contributed by atoms with van der Waals surface area (Å²) in [7, 11) is 4.73. The molecule has 39 heavy (non-hydrogen) atoms. The molecule has 3 aromatic carbocycles. The lowest BCUT2D eigenvalue weighted by Crippen LogP contribution is -2.17. The van der Waals surface area contributed by atoms with Crippen LogP contribution in [0.2, 0.25) is 5.02 Å². The van der Waals surface area contributed by atoms with Gasteiger partial charge in [0.15, 0.2) is 0 Å². The average Bonchev–Trinajstić information content (AvgIpc) is 2.96. The Morgan fingerprint density at radius 1 is 0.872 bits per heavy atom. The van der Waals surface area contributed by atoms with E-state index in [1.807, 2.05) is 24.1 Å². The van der Waals surface area contributed by atoms with Crippen molar-refractivity contribution >= 4 is 46.3 Å². The molecule has 0 aliphatic heterocycles. The number of nitrogens with zero attached hydrogens (tertiary/aromatic N) is 2. The highest BCUT2D eigenvalue weighted by Gasteiger charge is 2.20. The third-order valence-electron chi connectivity index (χ3n) is 5.99. The van der Waals surface area contributed by atoms with E-state index >= 15 is 0 Å². The minimum Gasteiger partial charge on any atom is -0.497 e. The fourth-order valence-electron chi connectivity index (χ4n) is 3.83. The van der Waals surface area contributed by atoms with Crippen molar-refractivity contribution in [1.82, 2.24) is 4.98 Å². The maximum absolute atomic E-state index is 13.1. The van der Waals surface area contributed by atoms with E-state index < -0.39 is 17.7 Å². The highest BCUT2D eigenvalue weighted by molar-refractivity contribution is 6.30. The van der Waals surface area contributed by atoms with Gasteiger partial charge in [-0.05, 0) is 72.8 Å². The number of methoxy groups -OCH3 is 2. The number of nitrogens with one attached hydrogen (secondary N) is 1. The third kappa shape index (κ3) is 6.00. The van der Waals surface area contributed by atoms with E-state index in [1.165, 1.54) is 38.5 Å². The van der Waals surface area contributed by atoms with Gasteiger partial charge in [0.05, 0.1) is 42.9 Å². The number of ketones is 1. The Hall–Kier alpha value is -4.89. The van der Waals surface area contributed by atoms with Gasteiger partial charge in [-0.15, -0.1) is 0 Å². The number of pyridine rings is 1. The molecule has 0 saturated heterocycles. The van der Waals surface area contributed by atoms with Crippen molar-refractivity contribution < 1.29 is 29.0 Å². The van der Waals surface area contributed by atoms with Crippen LogP contribution in [-0.4, -0.2) is 49.0 Å². The number of carboxylic acids is 1. The number of hydrogen-bond donors (Lipinski definition) is 2. The van der Waals surface area contributed by atoms with Gasteiger partial charge in [-0.1, -0.05) is 11.6 Å². The number of aromatic carboxylic acids is 1. The third-order valence-corrected chi connectivity index (χ3v) is 6.25. The highest BCUT2D eigenvalue weighted by atomic mass is 35.5. The Morgan fingerprint density at radius 3 is 2.21 bits per heavy atom. The van der Waals surface area contributed by atoms with Crippen molar-refractivity contribution in [2.45, 2.75) is 0 Å². The summed E-state index contributed by atoms with van der Waals surface area (Å²) in [6.45, 7) is 0. The lowest BCUT2D eigenvalue weighted by Gasteiger charge is -2.19. The van der Waals surface area contributed by atoms with Crippen molar-refractivity contribution in [2.75, 3.05) is 31.5 Å². The number of halogens is 1. The topological polar surface area (TPSA) is 118 Å². The first-order valence-corrected chi connectivity index (χ1v) is 12.0. The molecule has 0 aliphatic rings. The zero-order valence-corrected chi connectivity index (χ0v) is 22.0. The van der Waals surface area contributed by atoms with E-state index in [-0.39, 0.29) is 33.8 Å². The molecule has 10 heteroatoms. The fraction of sp³-hybridized carbons (Fsp3) is 0.103. The SMILES string of the molecule is COc1ccc(OC)c(C(=O)Nc2ccc(C(=O)c3ccc(N(C)c4ccc(Cl)cc4)cn3)cc2C(=O)O)c1. The molecule has 9 nitrogen and oxygen atoms in total. The van der Waals surface area contributed by atoms with Crippen molar-refractivity contribution in [3.63, 3.8) is 0 Å². The molecule has 0 radical (unpaired) electrons. The summed E-state index contributed by atoms with van der Waals surface area (Å²) >= 11 is 5.96. The molecule has 0 spiro atoms. The molecule has 0 atom stereocenters. The number of amides is 1. The molecule has 1 amide bonds. The summed E-state index contributed by atoms with van der Waals surface area (Å²) in [5.74, 6) is -1.67. The number of anilines is 3. The second kappa shape index (κ2) is 11.7. The number of hydrogen-bond acceptors (Lipinski definition) is 7. The Bertz CT molecular complexity index is 1540. The van der Waals surface area contributed by atoms with Gasteiger partial charge >= 0.3 is 5.97 Å². The first kappa shape index (κ1) is 27.2. The van der Waals surface area contributed by atoms with Crippen LogP contribution in [0, 0.1) is 0 Å². The van der Waals surface area contributed by atoms with E-state index in [0.717, 1.165) is 11.4 Å². The number of aromatic nitrogens is 1. The zero-order valence-electron chi connectivity index (χ0n) is 21.3. The monoisotopic (exact) mass is 545 g/mol. The summed E-state index contributed by atoms with van der Waals surface area (Å²) in [6, 6.07) is 19.3. The number of carbonyl (C=O) groups is 3. The molecule has 198 valence electrons. The van der Waals surface area contributed by atoms with Crippen LogP contribution in [0.5, 0.6) is 11.5 Å². The largest absolute Gasteiger partial charge is 0.497 e. The Labute approximate surface area is 229 Å². The van der Waals surface area contributed by atoms with Gasteiger partial charge in [0, 0.05) is 23.3 Å². The lowest BCUT2D eigenvalue weighted by molar-refractivity contribution is 0.0698. The summed E-state index contributed by atoms with van der Waals surface area (Å²) in [4.78, 5) is 44.2. The number of rotatable bonds is 9. The quantitative estimate of drug-likeness (QED) is 0.257. The standard InChI is InChI=1S/C29H24ClN3O6/c1-33(19-7-5-18(30)6-8-19)20-9-12-25(31-16-20)27(34)17-4-11-24(22(14-17)29(36)37)32-28(35)23-15-21(38-2)10-13-26(23)39-3/h4-16H,1-3H3,(H,32,35)(H,36,37). The molecule has 0 aliphatic carbocycles. The van der Waals surface area contributed by atoms with Crippen LogP contribution in [0.1, 0.15) is 36.8 Å². The molecule has 0 fully saturated rings. The van der Waals surface area contributed by atoms with Crippen molar-refractivity contribution in [3.8, 4) is 11.5 Å². The van der Waals surface area contributed by atoms with Crippen LogP contribution < -0.4 is 19.7 Å². The average molecular weight is 546 g/mol. The first-order chi connectivity index (χ1) is 18.7. The molecule has 2 N–H and O–H groups in total. The van der Waals surface area contributed by atoms with Crippen molar-refractivity contribution in [3.05, 3.63) is 106 Å². The number of carbonyl (C=O) groups excluding carboxylic acids is 2. The second-order valence-electron chi connectivity index (χ2n) is 8.35. The van der Waals surface area contributed by atoms with Crippen molar-refractivity contribution in [1.29, 1.82) is 0 Å². The zero-order chi connectivity index (χ0) is 28.1. The Kier molecular flexibility index (Phi) is 8.12. The van der Waals surface area contributed by atoms with E-state index in [1.54, 1.807) is 42.6 Å². The molecule has 4 rings (SSSR count). The van der Waals surface area contributed by atoms with Crippen LogP contribution in [0.4, 0.5) is 17.1 Å². The minimum atomic E-state index is -1.31. The normalized spacial score (nSPS) is 10.5. The highest BCUT2D eigenvalue weighted by Crippen LogP contribution is 2.28. The predicted molar refractivity (Wildman–Crippen MR) is 148 cm³/mol. The molecule has 0 unspecified atom stereocenters. The molecule has 1 heterocycles. The summed E-state index contributed by atoms with van der Waals surface area (Å²) in [5, 5.41) is 13.0. The smallest absolute Gasteiger partial charge is 0.337 e. The van der Waals surface area contributed by atoms with Crippen LogP contribution in [-0.2, 0) is 0 Å². The summed E-state index contributed by atoms with van der Waals surface area (Å²) < 4.78 is 10.4. The summed E-state index contributed by atoms with van der Waals surface area (Å²) in [6.07, 6.45) is 1.55. The predicted octanol–water partition coefficient (Wildman–Crippen LogP) is 5.70. The Balaban J connectivity index is 1.56. The maximum atomic E-state index is 13.1. The van der Waals surface area contributed by atoms with Gasteiger partial charge in [0.2, 0.25) is 5.78 Å². The molecular formula is C29H24ClN3O6. The van der Waals surface area contributed by atoms with Crippen LogP contribution in [0.15, 0.2) is 79.0 Å². The van der Waals surface area contributed by atoms with E-state index in [2.05, 4.69) is 10.3 Å². The fourth-order valence-corrected chi connectivity index (χ4v) is 3.96. The first-order valence-electron chi connectivity index (χ1n) is 11.6. The molecular weight excluding hydrogens is 522 g/mol. The summed E-state index contributed by atoms with van der Waals surface area (Å²) in [5.41, 5.74) is 1.79. The van der Waals surface area contributed by atoms with E-state index in [9.17, 15) is 19.5 Å². The maximum Gasteiger partial charge on any atom is 0.337 e. The van der Waals surface area contributed by atoms with Gasteiger partial charge in [0.1, 0.15) is 17.2 Å². The minimum absolute atomic E-state index is 0.0156. The van der Waals surface area contributed by atoms with Crippen molar-refractivity contribution in [2.24, 2.45) is 0 Å². The van der Waals surface area contributed by atoms with Gasteiger partial charge < -0.3 is 24.8 Å². The van der Waals surface area contributed by atoms with Crippen LogP contribution >= 0.6 is 11.6 Å². The lowest BCUT2D eigenvalue weighted by atomic mass is 10.0. The molecule has 0 bridgehead atoms. The van der Waals surface area contributed by atoms with Gasteiger partial charge in [-0.25, -0.2) is 4.79 Å². The number of ether oxygens (including phenoxy) is 2. The van der Waals surface area contributed by atoms with Crippen LogP contribution in [0.25, 0.3) is 0 Å². The van der Waals surface area contributed by atoms with Gasteiger partial charge in [-0.3, -0.25) is 14.6 Å². The number of benzene rings is 3.